The zero-order valence-electron chi connectivity index (χ0n) is 11.9. The molecule has 114 valence electrons. The SMILES string of the molecule is Cc1nc2ncc3c(=O)n(-c4cc(Cl)cc(Cl)c4)ccc3n2n1. The van der Waals surface area contributed by atoms with E-state index in [0.717, 1.165) is 0 Å². The summed E-state index contributed by atoms with van der Waals surface area (Å²) in [6, 6.07) is 6.74. The Hall–Kier alpha value is -2.44. The maximum Gasteiger partial charge on any atom is 0.266 e. The molecule has 0 saturated heterocycles. The molecule has 0 unspecified atom stereocenters. The van der Waals surface area contributed by atoms with E-state index in [1.165, 1.54) is 10.8 Å². The lowest BCUT2D eigenvalue weighted by molar-refractivity contribution is 0.939. The molecular formula is C15H9Cl2N5O. The molecule has 23 heavy (non-hydrogen) atoms. The molecule has 0 fully saturated rings. The highest BCUT2D eigenvalue weighted by Crippen LogP contribution is 2.21. The molecule has 0 saturated carbocycles. The van der Waals surface area contributed by atoms with E-state index in [4.69, 9.17) is 23.2 Å². The number of aromatic nitrogens is 5. The number of nitrogens with zero attached hydrogens (tertiary/aromatic N) is 5. The van der Waals surface area contributed by atoms with Crippen molar-refractivity contribution in [1.29, 1.82) is 0 Å². The first kappa shape index (κ1) is 14.2. The minimum atomic E-state index is -0.233. The number of rotatable bonds is 1. The first-order valence-corrected chi connectivity index (χ1v) is 7.49. The summed E-state index contributed by atoms with van der Waals surface area (Å²) in [5.41, 5.74) is 0.998. The Balaban J connectivity index is 2.05. The Morgan fingerprint density at radius 2 is 1.87 bits per heavy atom. The molecular weight excluding hydrogens is 337 g/mol. The predicted octanol–water partition coefficient (Wildman–Crippen LogP) is 3.04. The van der Waals surface area contributed by atoms with Crippen LogP contribution in [0.4, 0.5) is 0 Å². The van der Waals surface area contributed by atoms with Crippen LogP contribution in [-0.4, -0.2) is 24.1 Å². The maximum absolute atomic E-state index is 12.8. The third kappa shape index (κ3) is 2.27. The van der Waals surface area contributed by atoms with E-state index in [1.807, 2.05) is 0 Å². The highest BCUT2D eigenvalue weighted by molar-refractivity contribution is 6.34. The third-order valence-corrected chi connectivity index (χ3v) is 3.90. The first-order chi connectivity index (χ1) is 11.0. The predicted molar refractivity (Wildman–Crippen MR) is 88.6 cm³/mol. The summed E-state index contributed by atoms with van der Waals surface area (Å²) in [6.45, 7) is 1.77. The summed E-state index contributed by atoms with van der Waals surface area (Å²) in [7, 11) is 0. The minimum Gasteiger partial charge on any atom is -0.284 e. The molecule has 0 N–H and O–H groups in total. The fraction of sp³-hybridized carbons (Fsp3) is 0.0667. The van der Waals surface area contributed by atoms with Gasteiger partial charge in [-0.1, -0.05) is 23.2 Å². The van der Waals surface area contributed by atoms with Crippen molar-refractivity contribution >= 4 is 39.9 Å². The number of fused-ring (bicyclic) bond motifs is 3. The van der Waals surface area contributed by atoms with E-state index in [9.17, 15) is 4.79 Å². The lowest BCUT2D eigenvalue weighted by Crippen LogP contribution is -2.18. The van der Waals surface area contributed by atoms with Crippen LogP contribution in [-0.2, 0) is 0 Å². The molecule has 0 spiro atoms. The Morgan fingerprint density at radius 3 is 2.61 bits per heavy atom. The van der Waals surface area contributed by atoms with Crippen LogP contribution in [0, 0.1) is 6.92 Å². The van der Waals surface area contributed by atoms with Crippen molar-refractivity contribution in [3.05, 3.63) is 62.9 Å². The second-order valence-electron chi connectivity index (χ2n) is 5.05. The van der Waals surface area contributed by atoms with E-state index in [-0.39, 0.29) is 5.56 Å². The molecule has 0 atom stereocenters. The van der Waals surface area contributed by atoms with E-state index >= 15 is 0 Å². The molecule has 3 aromatic heterocycles. The summed E-state index contributed by atoms with van der Waals surface area (Å²) in [6.07, 6.45) is 3.16. The summed E-state index contributed by atoms with van der Waals surface area (Å²) in [5.74, 6) is 1.05. The van der Waals surface area contributed by atoms with E-state index in [0.29, 0.717) is 38.2 Å². The van der Waals surface area contributed by atoms with Crippen molar-refractivity contribution in [2.45, 2.75) is 6.92 Å². The number of hydrogen-bond acceptors (Lipinski definition) is 4. The maximum atomic E-state index is 12.8. The van der Waals surface area contributed by atoms with Gasteiger partial charge in [-0.2, -0.15) is 9.50 Å². The van der Waals surface area contributed by atoms with Gasteiger partial charge in [0.15, 0.2) is 0 Å². The zero-order chi connectivity index (χ0) is 16.1. The molecule has 4 rings (SSSR count). The van der Waals surface area contributed by atoms with Gasteiger partial charge in [0.05, 0.1) is 16.6 Å². The number of hydrogen-bond donors (Lipinski definition) is 0. The highest BCUT2D eigenvalue weighted by Gasteiger charge is 2.11. The van der Waals surface area contributed by atoms with Gasteiger partial charge >= 0.3 is 0 Å². The average Bonchev–Trinajstić information content (AvgIpc) is 2.87. The van der Waals surface area contributed by atoms with E-state index in [1.54, 1.807) is 41.9 Å². The van der Waals surface area contributed by atoms with Crippen LogP contribution < -0.4 is 5.56 Å². The monoisotopic (exact) mass is 345 g/mol. The van der Waals surface area contributed by atoms with Crippen LogP contribution in [0.1, 0.15) is 5.82 Å². The average molecular weight is 346 g/mol. The third-order valence-electron chi connectivity index (χ3n) is 3.47. The summed E-state index contributed by atoms with van der Waals surface area (Å²) in [4.78, 5) is 21.2. The van der Waals surface area contributed by atoms with Crippen LogP contribution in [0.25, 0.3) is 22.4 Å². The summed E-state index contributed by atoms with van der Waals surface area (Å²) < 4.78 is 3.03. The molecule has 6 nitrogen and oxygen atoms in total. The second kappa shape index (κ2) is 5.04. The standard InChI is InChI=1S/C15H9Cl2N5O/c1-8-19-15-18-7-12-13(22(15)20-8)2-3-21(14(12)23)11-5-9(16)4-10(17)6-11/h2-7H,1H3. The summed E-state index contributed by atoms with van der Waals surface area (Å²) >= 11 is 12.0. The zero-order valence-corrected chi connectivity index (χ0v) is 13.4. The van der Waals surface area contributed by atoms with E-state index in [2.05, 4.69) is 15.1 Å². The van der Waals surface area contributed by atoms with Gasteiger partial charge in [-0.25, -0.2) is 4.98 Å². The molecule has 0 bridgehead atoms. The Bertz CT molecular complexity index is 1110. The Kier molecular flexibility index (Phi) is 3.11. The van der Waals surface area contributed by atoms with Gasteiger partial charge in [-0.3, -0.25) is 9.36 Å². The van der Waals surface area contributed by atoms with Gasteiger partial charge in [0.25, 0.3) is 11.3 Å². The van der Waals surface area contributed by atoms with Gasteiger partial charge in [-0.05, 0) is 31.2 Å². The molecule has 4 aromatic rings. The number of aryl methyl sites for hydroxylation is 1. The quantitative estimate of drug-likeness (QED) is 0.531. The molecule has 0 aliphatic rings. The molecule has 0 amide bonds. The van der Waals surface area contributed by atoms with Crippen molar-refractivity contribution in [2.24, 2.45) is 0 Å². The van der Waals surface area contributed by atoms with Crippen molar-refractivity contribution in [2.75, 3.05) is 0 Å². The van der Waals surface area contributed by atoms with Crippen molar-refractivity contribution in [3.63, 3.8) is 0 Å². The molecule has 0 radical (unpaired) electrons. The van der Waals surface area contributed by atoms with Crippen LogP contribution in [0.2, 0.25) is 10.0 Å². The molecule has 8 heteroatoms. The molecule has 0 aliphatic heterocycles. The highest BCUT2D eigenvalue weighted by atomic mass is 35.5. The lowest BCUT2D eigenvalue weighted by Gasteiger charge is -2.08. The fourth-order valence-electron chi connectivity index (χ4n) is 2.50. The Labute approximate surface area is 139 Å². The smallest absolute Gasteiger partial charge is 0.266 e. The van der Waals surface area contributed by atoms with Gasteiger partial charge in [0.2, 0.25) is 0 Å². The van der Waals surface area contributed by atoms with Crippen molar-refractivity contribution in [3.8, 4) is 5.69 Å². The van der Waals surface area contributed by atoms with Crippen LogP contribution in [0.3, 0.4) is 0 Å². The van der Waals surface area contributed by atoms with Gasteiger partial charge in [0, 0.05) is 22.4 Å². The van der Waals surface area contributed by atoms with Crippen molar-refractivity contribution in [1.82, 2.24) is 24.1 Å². The number of pyridine rings is 1. The minimum absolute atomic E-state index is 0.233. The first-order valence-electron chi connectivity index (χ1n) is 6.73. The van der Waals surface area contributed by atoms with Gasteiger partial charge < -0.3 is 0 Å². The van der Waals surface area contributed by atoms with E-state index < -0.39 is 0 Å². The normalized spacial score (nSPS) is 11.4. The van der Waals surface area contributed by atoms with Gasteiger partial charge in [-0.15, -0.1) is 5.10 Å². The fourth-order valence-corrected chi connectivity index (χ4v) is 3.02. The molecule has 3 heterocycles. The molecule has 1 aromatic carbocycles. The van der Waals surface area contributed by atoms with Crippen LogP contribution in [0.5, 0.6) is 0 Å². The van der Waals surface area contributed by atoms with Gasteiger partial charge in [0.1, 0.15) is 5.82 Å². The lowest BCUT2D eigenvalue weighted by atomic mass is 10.2. The summed E-state index contributed by atoms with van der Waals surface area (Å²) in [5, 5.41) is 5.61. The molecule has 0 aliphatic carbocycles. The van der Waals surface area contributed by atoms with Crippen LogP contribution in [0.15, 0.2) is 41.5 Å². The topological polar surface area (TPSA) is 65.1 Å². The Morgan fingerprint density at radius 1 is 1.13 bits per heavy atom. The number of halogens is 2. The van der Waals surface area contributed by atoms with Crippen LogP contribution >= 0.6 is 23.2 Å². The largest absolute Gasteiger partial charge is 0.284 e. The van der Waals surface area contributed by atoms with Crippen molar-refractivity contribution < 1.29 is 0 Å². The second-order valence-corrected chi connectivity index (χ2v) is 5.92. The number of benzene rings is 1.